The third-order valence-corrected chi connectivity index (χ3v) is 4.59. The summed E-state index contributed by atoms with van der Waals surface area (Å²) in [5.74, 6) is -0.861. The van der Waals surface area contributed by atoms with Gasteiger partial charge in [0.2, 0.25) is 5.43 Å². The average Bonchev–Trinajstić information content (AvgIpc) is 2.67. The van der Waals surface area contributed by atoms with Crippen molar-refractivity contribution in [3.05, 3.63) is 80.1 Å². The number of para-hydroxylation sites is 1. The second-order valence-corrected chi connectivity index (χ2v) is 6.59. The molecule has 156 valence electrons. The number of nitro groups is 1. The monoisotopic (exact) mass is 421 g/mol. The van der Waals surface area contributed by atoms with E-state index in [0.717, 1.165) is 30.5 Å². The number of alkyl halides is 3. The van der Waals surface area contributed by atoms with E-state index in [4.69, 9.17) is 0 Å². The summed E-state index contributed by atoms with van der Waals surface area (Å²) in [6.45, 7) is 0.606. The van der Waals surface area contributed by atoms with Gasteiger partial charge in [0.15, 0.2) is 5.60 Å². The van der Waals surface area contributed by atoms with E-state index in [-0.39, 0.29) is 27.8 Å². The first-order valence-corrected chi connectivity index (χ1v) is 8.43. The van der Waals surface area contributed by atoms with Gasteiger partial charge in [-0.2, -0.15) is 13.2 Å². The molecule has 2 aromatic carbocycles. The quantitative estimate of drug-likeness (QED) is 0.439. The highest BCUT2D eigenvalue weighted by atomic mass is 19.4. The molecule has 1 heterocycles. The van der Waals surface area contributed by atoms with Crippen molar-refractivity contribution in [1.82, 2.24) is 4.98 Å². The van der Waals surface area contributed by atoms with Gasteiger partial charge >= 0.3 is 6.18 Å². The van der Waals surface area contributed by atoms with Gasteiger partial charge < -0.3 is 15.4 Å². The molecule has 0 bridgehead atoms. The second-order valence-electron chi connectivity index (χ2n) is 6.59. The number of H-pyrrole nitrogens is 1. The summed E-state index contributed by atoms with van der Waals surface area (Å²) in [5, 5.41) is 23.0. The van der Waals surface area contributed by atoms with Gasteiger partial charge in [-0.25, -0.2) is 0 Å². The minimum absolute atomic E-state index is 0.0391. The fourth-order valence-corrected chi connectivity index (χ4v) is 2.80. The Morgan fingerprint density at radius 1 is 1.17 bits per heavy atom. The predicted molar refractivity (Wildman–Crippen MR) is 101 cm³/mol. The Labute approximate surface area is 166 Å². The Kier molecular flexibility index (Phi) is 5.08. The highest BCUT2D eigenvalue weighted by Gasteiger charge is 2.51. The first kappa shape index (κ1) is 21.0. The van der Waals surface area contributed by atoms with Crippen LogP contribution >= 0.6 is 0 Å². The van der Waals surface area contributed by atoms with Gasteiger partial charge in [-0.15, -0.1) is 0 Å². The highest BCUT2D eigenvalue weighted by Crippen LogP contribution is 2.38. The van der Waals surface area contributed by atoms with Crippen LogP contribution in [0.2, 0.25) is 0 Å². The first-order valence-electron chi connectivity index (χ1n) is 8.43. The van der Waals surface area contributed by atoms with Crippen LogP contribution in [0, 0.1) is 10.1 Å². The largest absolute Gasteiger partial charge is 0.421 e. The van der Waals surface area contributed by atoms with E-state index in [1.165, 1.54) is 18.2 Å². The molecule has 3 rings (SSSR count). The number of non-ortho nitro benzene ring substituents is 1. The van der Waals surface area contributed by atoms with Gasteiger partial charge in [-0.1, -0.05) is 18.2 Å². The van der Waals surface area contributed by atoms with E-state index in [1.807, 2.05) is 0 Å². The standard InChI is InChI=1S/C19H14F3N3O5/c1-18(28,19(20,21)22)10-5-7-11(8-6-10)24-17(27)13-9-23-15-12(16(13)26)3-2-4-14(15)25(29)30/h2-9,28H,1H3,(H,23,26)(H,24,27). The zero-order chi connectivity index (χ0) is 22.3. The molecule has 1 aromatic heterocycles. The maximum atomic E-state index is 12.9. The number of fused-ring (bicyclic) bond motifs is 1. The molecule has 1 unspecified atom stereocenters. The molecule has 1 amide bonds. The van der Waals surface area contributed by atoms with Gasteiger partial charge in [-0.3, -0.25) is 19.7 Å². The number of rotatable bonds is 4. The Balaban J connectivity index is 1.90. The summed E-state index contributed by atoms with van der Waals surface area (Å²) in [6.07, 6.45) is -3.87. The van der Waals surface area contributed by atoms with Crippen molar-refractivity contribution in [3.63, 3.8) is 0 Å². The molecule has 0 aliphatic heterocycles. The number of benzene rings is 2. The third-order valence-electron chi connectivity index (χ3n) is 4.59. The molecule has 8 nitrogen and oxygen atoms in total. The Bertz CT molecular complexity index is 1200. The van der Waals surface area contributed by atoms with Gasteiger partial charge in [-0.05, 0) is 30.7 Å². The topological polar surface area (TPSA) is 125 Å². The molecule has 3 N–H and O–H groups in total. The lowest BCUT2D eigenvalue weighted by Crippen LogP contribution is -2.39. The van der Waals surface area contributed by atoms with Crippen molar-refractivity contribution in [1.29, 1.82) is 0 Å². The van der Waals surface area contributed by atoms with E-state index in [2.05, 4.69) is 10.3 Å². The number of nitro benzene ring substituents is 1. The zero-order valence-corrected chi connectivity index (χ0v) is 15.3. The second kappa shape index (κ2) is 7.26. The molecule has 0 saturated heterocycles. The molecule has 0 radical (unpaired) electrons. The number of halogens is 3. The maximum absolute atomic E-state index is 12.9. The fourth-order valence-electron chi connectivity index (χ4n) is 2.80. The lowest BCUT2D eigenvalue weighted by Gasteiger charge is -2.26. The lowest BCUT2D eigenvalue weighted by molar-refractivity contribution is -0.383. The molecular weight excluding hydrogens is 407 g/mol. The molecule has 0 saturated carbocycles. The van der Waals surface area contributed by atoms with Crippen LogP contribution in [0.4, 0.5) is 24.5 Å². The molecule has 3 aromatic rings. The molecule has 0 fully saturated rings. The van der Waals surface area contributed by atoms with Crippen LogP contribution in [0.1, 0.15) is 22.8 Å². The lowest BCUT2D eigenvalue weighted by atomic mass is 9.95. The van der Waals surface area contributed by atoms with Crippen molar-refractivity contribution >= 4 is 28.2 Å². The number of aromatic nitrogens is 1. The maximum Gasteiger partial charge on any atom is 0.421 e. The van der Waals surface area contributed by atoms with Gasteiger partial charge in [0.25, 0.3) is 11.6 Å². The number of carbonyl (C=O) groups is 1. The number of aromatic amines is 1. The number of aliphatic hydroxyl groups is 1. The number of nitrogens with zero attached hydrogens (tertiary/aromatic N) is 1. The van der Waals surface area contributed by atoms with E-state index >= 15 is 0 Å². The van der Waals surface area contributed by atoms with E-state index in [1.54, 1.807) is 0 Å². The Morgan fingerprint density at radius 2 is 1.80 bits per heavy atom. The third kappa shape index (κ3) is 3.62. The van der Waals surface area contributed by atoms with Crippen LogP contribution in [-0.2, 0) is 5.60 Å². The molecule has 30 heavy (non-hydrogen) atoms. The van der Waals surface area contributed by atoms with Crippen molar-refractivity contribution in [2.45, 2.75) is 18.7 Å². The number of amides is 1. The number of nitrogens with one attached hydrogen (secondary N) is 2. The number of carbonyl (C=O) groups excluding carboxylic acids is 1. The summed E-state index contributed by atoms with van der Waals surface area (Å²) in [7, 11) is 0. The van der Waals surface area contributed by atoms with E-state index < -0.39 is 33.6 Å². The smallest absolute Gasteiger partial charge is 0.376 e. The Hall–Kier alpha value is -3.73. The molecule has 0 spiro atoms. The van der Waals surface area contributed by atoms with Gasteiger partial charge in [0, 0.05) is 18.0 Å². The summed E-state index contributed by atoms with van der Waals surface area (Å²) < 4.78 is 38.7. The molecule has 0 aliphatic rings. The average molecular weight is 421 g/mol. The van der Waals surface area contributed by atoms with Crippen molar-refractivity contribution < 1.29 is 28.0 Å². The van der Waals surface area contributed by atoms with Crippen molar-refractivity contribution in [2.75, 3.05) is 5.32 Å². The highest BCUT2D eigenvalue weighted by molar-refractivity contribution is 6.06. The zero-order valence-electron chi connectivity index (χ0n) is 15.3. The first-order chi connectivity index (χ1) is 13.9. The summed E-state index contributed by atoms with van der Waals surface area (Å²) >= 11 is 0. The van der Waals surface area contributed by atoms with Gasteiger partial charge in [0.1, 0.15) is 11.1 Å². The SMILES string of the molecule is CC(O)(c1ccc(NC(=O)c2c[nH]c3c([N+](=O)[O-])cccc3c2=O)cc1)C(F)(F)F. The number of hydrogen-bond donors (Lipinski definition) is 3. The summed E-state index contributed by atoms with van der Waals surface area (Å²) in [6, 6.07) is 8.12. The predicted octanol–water partition coefficient (Wildman–Crippen LogP) is 3.46. The molecule has 1 atom stereocenters. The fraction of sp³-hybridized carbons (Fsp3) is 0.158. The number of hydrogen-bond acceptors (Lipinski definition) is 5. The van der Waals surface area contributed by atoms with Crippen molar-refractivity contribution in [2.24, 2.45) is 0 Å². The van der Waals surface area contributed by atoms with Crippen LogP contribution in [0.25, 0.3) is 10.9 Å². The van der Waals surface area contributed by atoms with Crippen LogP contribution in [-0.4, -0.2) is 27.1 Å². The number of anilines is 1. The van der Waals surface area contributed by atoms with Gasteiger partial charge in [0.05, 0.1) is 10.3 Å². The minimum Gasteiger partial charge on any atom is -0.376 e. The Morgan fingerprint density at radius 3 is 2.37 bits per heavy atom. The van der Waals surface area contributed by atoms with Crippen LogP contribution < -0.4 is 10.7 Å². The minimum atomic E-state index is -4.89. The summed E-state index contributed by atoms with van der Waals surface area (Å²) in [4.78, 5) is 38.0. The summed E-state index contributed by atoms with van der Waals surface area (Å²) in [5.41, 5.74) is -4.87. The van der Waals surface area contributed by atoms with E-state index in [9.17, 15) is 38.0 Å². The van der Waals surface area contributed by atoms with E-state index in [0.29, 0.717) is 6.92 Å². The van der Waals surface area contributed by atoms with Crippen LogP contribution in [0.5, 0.6) is 0 Å². The molecular formula is C19H14F3N3O5. The molecule has 11 heteroatoms. The van der Waals surface area contributed by atoms with Crippen LogP contribution in [0.15, 0.2) is 53.5 Å². The van der Waals surface area contributed by atoms with Crippen LogP contribution in [0.3, 0.4) is 0 Å². The normalized spacial score (nSPS) is 13.6. The molecule has 0 aliphatic carbocycles. The number of pyridine rings is 1. The van der Waals surface area contributed by atoms with Crippen molar-refractivity contribution in [3.8, 4) is 0 Å².